The third-order valence-corrected chi connectivity index (χ3v) is 10.3. The Labute approximate surface area is 79.1 Å². The van der Waals surface area contributed by atoms with Gasteiger partial charge in [-0.25, -0.2) is 0 Å². The van der Waals surface area contributed by atoms with E-state index in [1.165, 1.54) is 6.42 Å². The summed E-state index contributed by atoms with van der Waals surface area (Å²) in [5, 5.41) is 0.509. The maximum atomic E-state index is 3.82. The second kappa shape index (κ2) is 3.78. The van der Waals surface area contributed by atoms with Gasteiger partial charge in [-0.2, -0.15) is 0 Å². The average Bonchev–Trinajstić information content (AvgIpc) is 1.85. The standard InChI is InChI=1S/C11H24Si/c1-8-9-10(2)12(6,7)11(3,4)5/h8,10H,1,9H2,2-7H3. The van der Waals surface area contributed by atoms with Crippen molar-refractivity contribution in [2.45, 2.75) is 57.8 Å². The van der Waals surface area contributed by atoms with Gasteiger partial charge in [-0.1, -0.05) is 46.9 Å². The SMILES string of the molecule is C=CCC(C)[Si](C)(C)C(C)(C)C. The summed E-state index contributed by atoms with van der Waals surface area (Å²) in [6.45, 7) is 18.3. The van der Waals surface area contributed by atoms with E-state index in [1.807, 2.05) is 0 Å². The van der Waals surface area contributed by atoms with Gasteiger partial charge in [0, 0.05) is 0 Å². The minimum atomic E-state index is -1.10. The highest BCUT2D eigenvalue weighted by Gasteiger charge is 2.38. The molecule has 0 aromatic heterocycles. The van der Waals surface area contributed by atoms with Gasteiger partial charge in [0.15, 0.2) is 0 Å². The molecule has 0 nitrogen and oxygen atoms in total. The van der Waals surface area contributed by atoms with Crippen LogP contribution in [0.5, 0.6) is 0 Å². The lowest BCUT2D eigenvalue weighted by Gasteiger charge is -2.41. The molecule has 0 bridgehead atoms. The first-order valence-corrected chi connectivity index (χ1v) is 7.92. The second-order valence-electron chi connectivity index (χ2n) is 5.40. The van der Waals surface area contributed by atoms with E-state index in [2.05, 4.69) is 53.4 Å². The lowest BCUT2D eigenvalue weighted by atomic mass is 10.2. The van der Waals surface area contributed by atoms with Crippen LogP contribution in [0.4, 0.5) is 0 Å². The number of allylic oxidation sites excluding steroid dienone is 1. The van der Waals surface area contributed by atoms with Crippen LogP contribution in [-0.2, 0) is 0 Å². The van der Waals surface area contributed by atoms with Crippen molar-refractivity contribution in [3.63, 3.8) is 0 Å². The van der Waals surface area contributed by atoms with Crippen molar-refractivity contribution in [2.24, 2.45) is 0 Å². The molecule has 0 saturated carbocycles. The highest BCUT2D eigenvalue weighted by Crippen LogP contribution is 2.44. The van der Waals surface area contributed by atoms with E-state index in [-0.39, 0.29) is 0 Å². The average molecular weight is 184 g/mol. The van der Waals surface area contributed by atoms with Crippen LogP contribution in [0.1, 0.15) is 34.1 Å². The zero-order chi connectivity index (χ0) is 9.99. The van der Waals surface area contributed by atoms with E-state index in [9.17, 15) is 0 Å². The molecule has 0 spiro atoms. The molecular formula is C11H24Si. The summed E-state index contributed by atoms with van der Waals surface area (Å²) in [6, 6.07) is 0. The topological polar surface area (TPSA) is 0 Å². The normalized spacial score (nSPS) is 15.8. The fourth-order valence-corrected chi connectivity index (χ4v) is 3.52. The van der Waals surface area contributed by atoms with Gasteiger partial charge in [0.05, 0.1) is 8.07 Å². The predicted octanol–water partition coefficient (Wildman–Crippen LogP) is 4.46. The fourth-order valence-electron chi connectivity index (χ4n) is 1.28. The van der Waals surface area contributed by atoms with E-state index < -0.39 is 8.07 Å². The molecule has 1 atom stereocenters. The lowest BCUT2D eigenvalue weighted by Crippen LogP contribution is -2.40. The molecule has 0 fully saturated rings. The highest BCUT2D eigenvalue weighted by atomic mass is 28.3. The van der Waals surface area contributed by atoms with E-state index in [1.54, 1.807) is 0 Å². The Kier molecular flexibility index (Phi) is 3.76. The summed E-state index contributed by atoms with van der Waals surface area (Å²) >= 11 is 0. The summed E-state index contributed by atoms with van der Waals surface area (Å²) in [4.78, 5) is 0. The largest absolute Gasteiger partial charge is 0.103 e. The van der Waals surface area contributed by atoms with E-state index in [0.717, 1.165) is 5.54 Å². The lowest BCUT2D eigenvalue weighted by molar-refractivity contribution is 0.685. The molecule has 0 aliphatic rings. The molecule has 0 saturated heterocycles. The third-order valence-electron chi connectivity index (χ3n) is 3.69. The minimum Gasteiger partial charge on any atom is -0.103 e. The molecule has 0 heterocycles. The Hall–Kier alpha value is -0.0431. The molecule has 0 amide bonds. The van der Waals surface area contributed by atoms with Crippen molar-refractivity contribution in [1.82, 2.24) is 0 Å². The van der Waals surface area contributed by atoms with Crippen LogP contribution in [0.15, 0.2) is 12.7 Å². The van der Waals surface area contributed by atoms with E-state index in [4.69, 9.17) is 0 Å². The van der Waals surface area contributed by atoms with Gasteiger partial charge < -0.3 is 0 Å². The Bertz CT molecular complexity index is 151. The minimum absolute atomic E-state index is 0.509. The summed E-state index contributed by atoms with van der Waals surface area (Å²) in [6.07, 6.45) is 3.24. The molecular weight excluding hydrogens is 160 g/mol. The van der Waals surface area contributed by atoms with Gasteiger partial charge in [0.1, 0.15) is 0 Å². The van der Waals surface area contributed by atoms with Crippen LogP contribution in [-0.4, -0.2) is 8.07 Å². The predicted molar refractivity (Wildman–Crippen MR) is 61.4 cm³/mol. The summed E-state index contributed by atoms with van der Waals surface area (Å²) in [5.41, 5.74) is 0.843. The maximum absolute atomic E-state index is 3.82. The highest BCUT2D eigenvalue weighted by molar-refractivity contribution is 6.81. The fraction of sp³-hybridized carbons (Fsp3) is 0.818. The monoisotopic (exact) mass is 184 g/mol. The van der Waals surface area contributed by atoms with Crippen molar-refractivity contribution in [2.75, 3.05) is 0 Å². The maximum Gasteiger partial charge on any atom is 0.0559 e. The first kappa shape index (κ1) is 12.0. The smallest absolute Gasteiger partial charge is 0.0559 e. The van der Waals surface area contributed by atoms with Crippen LogP contribution in [0.3, 0.4) is 0 Å². The Balaban J connectivity index is 4.48. The number of hydrogen-bond donors (Lipinski definition) is 0. The van der Waals surface area contributed by atoms with Crippen LogP contribution in [0, 0.1) is 0 Å². The zero-order valence-electron chi connectivity index (χ0n) is 9.57. The first-order valence-electron chi connectivity index (χ1n) is 4.84. The van der Waals surface area contributed by atoms with Gasteiger partial charge in [0.25, 0.3) is 0 Å². The van der Waals surface area contributed by atoms with Gasteiger partial charge in [0.2, 0.25) is 0 Å². The van der Waals surface area contributed by atoms with Crippen LogP contribution in [0.25, 0.3) is 0 Å². The van der Waals surface area contributed by atoms with Crippen molar-refractivity contribution in [3.05, 3.63) is 12.7 Å². The molecule has 0 aliphatic carbocycles. The summed E-state index contributed by atoms with van der Waals surface area (Å²) in [5.74, 6) is 0. The molecule has 0 N–H and O–H groups in total. The molecule has 1 heteroatoms. The Morgan fingerprint density at radius 2 is 1.75 bits per heavy atom. The number of rotatable bonds is 3. The molecule has 1 unspecified atom stereocenters. The molecule has 0 aromatic carbocycles. The summed E-state index contributed by atoms with van der Waals surface area (Å²) in [7, 11) is -1.10. The van der Waals surface area contributed by atoms with Gasteiger partial charge >= 0.3 is 0 Å². The Morgan fingerprint density at radius 1 is 1.33 bits per heavy atom. The number of hydrogen-bond acceptors (Lipinski definition) is 0. The van der Waals surface area contributed by atoms with Crippen molar-refractivity contribution >= 4 is 8.07 Å². The van der Waals surface area contributed by atoms with Crippen molar-refractivity contribution in [3.8, 4) is 0 Å². The van der Waals surface area contributed by atoms with Crippen molar-refractivity contribution < 1.29 is 0 Å². The van der Waals surface area contributed by atoms with Crippen LogP contribution < -0.4 is 0 Å². The van der Waals surface area contributed by atoms with E-state index in [0.29, 0.717) is 5.04 Å². The third kappa shape index (κ3) is 2.48. The summed E-state index contributed by atoms with van der Waals surface area (Å²) < 4.78 is 0. The quantitative estimate of drug-likeness (QED) is 0.449. The van der Waals surface area contributed by atoms with Crippen LogP contribution in [0.2, 0.25) is 23.7 Å². The van der Waals surface area contributed by atoms with Crippen LogP contribution >= 0.6 is 0 Å². The molecule has 0 aliphatic heterocycles. The molecule has 0 aromatic rings. The van der Waals surface area contributed by atoms with Gasteiger partial charge in [-0.05, 0) is 17.0 Å². The molecule has 0 rings (SSSR count). The first-order chi connectivity index (χ1) is 5.23. The molecule has 12 heavy (non-hydrogen) atoms. The second-order valence-corrected chi connectivity index (χ2v) is 11.3. The van der Waals surface area contributed by atoms with Gasteiger partial charge in [-0.15, -0.1) is 6.58 Å². The Morgan fingerprint density at radius 3 is 2.00 bits per heavy atom. The molecule has 72 valence electrons. The van der Waals surface area contributed by atoms with Gasteiger partial charge in [-0.3, -0.25) is 0 Å². The zero-order valence-corrected chi connectivity index (χ0v) is 10.6. The van der Waals surface area contributed by atoms with Crippen molar-refractivity contribution in [1.29, 1.82) is 0 Å². The molecule has 0 radical (unpaired) electrons. The van der Waals surface area contributed by atoms with E-state index >= 15 is 0 Å².